The van der Waals surface area contributed by atoms with Crippen LogP contribution in [0.4, 0.5) is 0 Å². The van der Waals surface area contributed by atoms with Crippen molar-refractivity contribution in [2.75, 3.05) is 27.2 Å². The molecule has 0 amide bonds. The van der Waals surface area contributed by atoms with Crippen LogP contribution in [0.2, 0.25) is 0 Å². The highest BCUT2D eigenvalue weighted by Crippen LogP contribution is 2.15. The summed E-state index contributed by atoms with van der Waals surface area (Å²) in [6.07, 6.45) is 5.12. The molecule has 1 heterocycles. The third-order valence-electron chi connectivity index (χ3n) is 3.43. The molecule has 0 aliphatic rings. The first-order valence-electron chi connectivity index (χ1n) is 7.20. The van der Waals surface area contributed by atoms with E-state index in [0.29, 0.717) is 13.1 Å². The van der Waals surface area contributed by atoms with Crippen LogP contribution in [0.5, 0.6) is 0 Å². The topological polar surface area (TPSA) is 53.3 Å². The molecule has 2 atom stereocenters. The number of likely N-dealkylation sites (N-methyl/N-ethyl adjacent to an activating group) is 1. The van der Waals surface area contributed by atoms with Crippen LogP contribution in [-0.4, -0.2) is 52.8 Å². The second-order valence-corrected chi connectivity index (χ2v) is 5.61. The second kappa shape index (κ2) is 7.36. The molecule has 0 saturated heterocycles. The van der Waals surface area contributed by atoms with Crippen molar-refractivity contribution in [2.45, 2.75) is 19.1 Å². The largest absolute Gasteiger partial charge is 0.390 e. The maximum Gasteiger partial charge on any atom is 0.0991 e. The Bertz CT molecular complexity index is 522. The lowest BCUT2D eigenvalue weighted by Crippen LogP contribution is -2.36. The number of nitrogens with one attached hydrogen (secondary N) is 1. The average molecular weight is 288 g/mol. The van der Waals surface area contributed by atoms with Gasteiger partial charge in [0, 0.05) is 37.2 Å². The van der Waals surface area contributed by atoms with Gasteiger partial charge in [-0.15, -0.1) is 0 Å². The Morgan fingerprint density at radius 3 is 2.57 bits per heavy atom. The van der Waals surface area contributed by atoms with Gasteiger partial charge in [0.2, 0.25) is 0 Å². The molecule has 5 heteroatoms. The second-order valence-electron chi connectivity index (χ2n) is 5.61. The summed E-state index contributed by atoms with van der Waals surface area (Å²) < 4.78 is 1.97. The predicted molar refractivity (Wildman–Crippen MR) is 84.5 cm³/mol. The number of aliphatic hydroxyl groups is 1. The first kappa shape index (κ1) is 15.7. The van der Waals surface area contributed by atoms with E-state index in [1.807, 2.05) is 29.8 Å². The van der Waals surface area contributed by atoms with Crippen molar-refractivity contribution < 1.29 is 5.11 Å². The van der Waals surface area contributed by atoms with Crippen molar-refractivity contribution in [3.63, 3.8) is 0 Å². The van der Waals surface area contributed by atoms with E-state index in [4.69, 9.17) is 0 Å². The van der Waals surface area contributed by atoms with E-state index < -0.39 is 0 Å². The lowest BCUT2D eigenvalue weighted by molar-refractivity contribution is 0.132. The maximum atomic E-state index is 9.87. The molecule has 0 radical (unpaired) electrons. The lowest BCUT2D eigenvalue weighted by Gasteiger charge is -2.20. The van der Waals surface area contributed by atoms with Gasteiger partial charge in [-0.25, -0.2) is 4.98 Å². The molecule has 5 nitrogen and oxygen atoms in total. The molecule has 1 aromatic heterocycles. The van der Waals surface area contributed by atoms with Crippen LogP contribution in [-0.2, 0) is 0 Å². The molecule has 2 aromatic rings. The Labute approximate surface area is 126 Å². The van der Waals surface area contributed by atoms with Gasteiger partial charge < -0.3 is 19.9 Å². The number of hydrogen-bond acceptors (Lipinski definition) is 4. The molecular weight excluding hydrogens is 264 g/mol. The van der Waals surface area contributed by atoms with Gasteiger partial charge in [0.15, 0.2) is 0 Å². The smallest absolute Gasteiger partial charge is 0.0991 e. The number of nitrogens with zero attached hydrogens (tertiary/aromatic N) is 3. The zero-order chi connectivity index (χ0) is 15.2. The molecule has 114 valence electrons. The molecule has 2 N–H and O–H groups in total. The number of hydrogen-bond donors (Lipinski definition) is 2. The monoisotopic (exact) mass is 288 g/mol. The lowest BCUT2D eigenvalue weighted by atomic mass is 10.1. The fraction of sp³-hybridized carbons (Fsp3) is 0.438. The highest BCUT2D eigenvalue weighted by Gasteiger charge is 2.09. The number of imidazole rings is 1. The van der Waals surface area contributed by atoms with E-state index >= 15 is 0 Å². The Morgan fingerprint density at radius 2 is 2.00 bits per heavy atom. The normalized spacial score (nSPS) is 14.3. The predicted octanol–water partition coefficient (Wildman–Crippen LogP) is 1.45. The van der Waals surface area contributed by atoms with Crippen molar-refractivity contribution >= 4 is 0 Å². The van der Waals surface area contributed by atoms with E-state index in [1.165, 1.54) is 5.56 Å². The van der Waals surface area contributed by atoms with Crippen molar-refractivity contribution in [3.8, 4) is 5.69 Å². The molecule has 0 bridgehead atoms. The van der Waals surface area contributed by atoms with E-state index in [-0.39, 0.29) is 12.1 Å². The van der Waals surface area contributed by atoms with Gasteiger partial charge in [-0.2, -0.15) is 0 Å². The molecule has 1 aromatic carbocycles. The standard InChI is InChI=1S/C16H24N4O/c1-13(18-10-16(21)11-19(2)3)14-4-6-15(7-5-14)20-9-8-17-12-20/h4-9,12-13,16,18,21H,10-11H2,1-3H3. The zero-order valence-electron chi connectivity index (χ0n) is 12.9. The number of benzene rings is 1. The van der Waals surface area contributed by atoms with Crippen LogP contribution >= 0.6 is 0 Å². The van der Waals surface area contributed by atoms with Gasteiger partial charge in [0.25, 0.3) is 0 Å². The zero-order valence-corrected chi connectivity index (χ0v) is 12.9. The van der Waals surface area contributed by atoms with Gasteiger partial charge >= 0.3 is 0 Å². The Balaban J connectivity index is 1.89. The Hall–Kier alpha value is -1.69. The number of aromatic nitrogens is 2. The van der Waals surface area contributed by atoms with Gasteiger partial charge in [-0.3, -0.25) is 0 Å². The summed E-state index contributed by atoms with van der Waals surface area (Å²) in [5.74, 6) is 0. The average Bonchev–Trinajstić information content (AvgIpc) is 2.98. The minimum atomic E-state index is -0.354. The molecule has 2 unspecified atom stereocenters. The first-order chi connectivity index (χ1) is 10.1. The number of rotatable bonds is 7. The van der Waals surface area contributed by atoms with Crippen molar-refractivity contribution in [1.82, 2.24) is 19.8 Å². The fourth-order valence-corrected chi connectivity index (χ4v) is 2.26. The SMILES string of the molecule is CC(NCC(O)CN(C)C)c1ccc(-n2ccnc2)cc1. The highest BCUT2D eigenvalue weighted by atomic mass is 16.3. The van der Waals surface area contributed by atoms with Crippen LogP contribution in [0.1, 0.15) is 18.5 Å². The van der Waals surface area contributed by atoms with Crippen LogP contribution in [0.15, 0.2) is 43.0 Å². The molecule has 0 aliphatic carbocycles. The molecule has 2 rings (SSSR count). The quantitative estimate of drug-likeness (QED) is 0.809. The van der Waals surface area contributed by atoms with Crippen LogP contribution in [0.25, 0.3) is 5.69 Å². The van der Waals surface area contributed by atoms with Gasteiger partial charge in [-0.1, -0.05) is 12.1 Å². The maximum absolute atomic E-state index is 9.87. The van der Waals surface area contributed by atoms with E-state index in [1.54, 1.807) is 12.5 Å². The minimum Gasteiger partial charge on any atom is -0.390 e. The molecular formula is C16H24N4O. The van der Waals surface area contributed by atoms with Gasteiger partial charge in [0.1, 0.15) is 0 Å². The molecule has 0 saturated carbocycles. The van der Waals surface area contributed by atoms with Gasteiger partial charge in [-0.05, 0) is 38.7 Å². The third kappa shape index (κ3) is 4.67. The van der Waals surface area contributed by atoms with Gasteiger partial charge in [0.05, 0.1) is 12.4 Å². The van der Waals surface area contributed by atoms with E-state index in [2.05, 4.69) is 41.5 Å². The Morgan fingerprint density at radius 1 is 1.29 bits per heavy atom. The van der Waals surface area contributed by atoms with Crippen LogP contribution < -0.4 is 5.32 Å². The fourth-order valence-electron chi connectivity index (χ4n) is 2.26. The summed E-state index contributed by atoms with van der Waals surface area (Å²) in [5, 5.41) is 13.2. The summed E-state index contributed by atoms with van der Waals surface area (Å²) >= 11 is 0. The summed E-state index contributed by atoms with van der Waals surface area (Å²) in [4.78, 5) is 6.03. The first-order valence-corrected chi connectivity index (χ1v) is 7.20. The van der Waals surface area contributed by atoms with E-state index in [9.17, 15) is 5.11 Å². The summed E-state index contributed by atoms with van der Waals surface area (Å²) in [6.45, 7) is 3.36. The summed E-state index contributed by atoms with van der Waals surface area (Å²) in [7, 11) is 3.92. The van der Waals surface area contributed by atoms with Crippen molar-refractivity contribution in [3.05, 3.63) is 48.5 Å². The summed E-state index contributed by atoms with van der Waals surface area (Å²) in [5.41, 5.74) is 2.30. The molecule has 0 aliphatic heterocycles. The van der Waals surface area contributed by atoms with Crippen LogP contribution in [0, 0.1) is 0 Å². The molecule has 0 fully saturated rings. The highest BCUT2D eigenvalue weighted by molar-refractivity contribution is 5.35. The van der Waals surface area contributed by atoms with Crippen molar-refractivity contribution in [2.24, 2.45) is 0 Å². The van der Waals surface area contributed by atoms with Crippen LogP contribution in [0.3, 0.4) is 0 Å². The molecule has 21 heavy (non-hydrogen) atoms. The number of aliphatic hydroxyl groups excluding tert-OH is 1. The summed E-state index contributed by atoms with van der Waals surface area (Å²) in [6, 6.07) is 8.56. The minimum absolute atomic E-state index is 0.207. The Kier molecular flexibility index (Phi) is 5.50. The van der Waals surface area contributed by atoms with Crippen molar-refractivity contribution in [1.29, 1.82) is 0 Å². The third-order valence-corrected chi connectivity index (χ3v) is 3.43. The van der Waals surface area contributed by atoms with E-state index in [0.717, 1.165) is 5.69 Å². The molecule has 0 spiro atoms.